The number of alkyl halides is 10. The summed E-state index contributed by atoms with van der Waals surface area (Å²) in [6.07, 6.45) is -15.3. The van der Waals surface area contributed by atoms with Gasteiger partial charge < -0.3 is 5.11 Å². The third-order valence-electron chi connectivity index (χ3n) is 1.99. The number of aliphatic hydroxyl groups is 1. The minimum atomic E-state index is -7.00. The van der Waals surface area contributed by atoms with Crippen LogP contribution in [0.3, 0.4) is 0 Å². The Morgan fingerprint density at radius 2 is 1.17 bits per heavy atom. The van der Waals surface area contributed by atoms with Crippen molar-refractivity contribution in [3.8, 4) is 0 Å². The predicted octanol–water partition coefficient (Wildman–Crippen LogP) is 3.17. The quantitative estimate of drug-likeness (QED) is 0.790. The molecule has 0 unspecified atom stereocenters. The van der Waals surface area contributed by atoms with E-state index in [1.807, 2.05) is 0 Å². The lowest BCUT2D eigenvalue weighted by atomic mass is 9.98. The molecule has 0 aliphatic carbocycles. The number of hydrogen-bond acceptors (Lipinski definition) is 1. The van der Waals surface area contributed by atoms with Gasteiger partial charge in [0, 0.05) is 0 Å². The molecule has 1 N–H and O–H groups in total. The lowest BCUT2D eigenvalue weighted by Crippen LogP contribution is -2.62. The summed E-state index contributed by atoms with van der Waals surface area (Å²) in [5.74, 6) is -19.2. The van der Waals surface area contributed by atoms with Crippen LogP contribution in [0.15, 0.2) is 0 Å². The summed E-state index contributed by atoms with van der Waals surface area (Å²) in [5.41, 5.74) is 0. The van der Waals surface area contributed by atoms with E-state index in [1.165, 1.54) is 0 Å². The van der Waals surface area contributed by atoms with E-state index in [0.717, 1.165) is 0 Å². The van der Waals surface area contributed by atoms with Gasteiger partial charge in [0.15, 0.2) is 0 Å². The van der Waals surface area contributed by atoms with Crippen LogP contribution in [0, 0.1) is 0 Å². The van der Waals surface area contributed by atoms with Crippen molar-refractivity contribution in [2.75, 3.05) is 0 Å². The second-order valence-corrected chi connectivity index (χ2v) is 3.41. The third-order valence-corrected chi connectivity index (χ3v) is 1.99. The molecule has 0 aromatic carbocycles. The predicted molar refractivity (Wildman–Crippen MR) is 37.5 cm³/mol. The van der Waals surface area contributed by atoms with E-state index in [4.69, 9.17) is 5.11 Å². The number of aliphatic hydroxyl groups excluding tert-OH is 1. The van der Waals surface area contributed by atoms with Crippen molar-refractivity contribution in [1.82, 2.24) is 0 Å². The second-order valence-electron chi connectivity index (χ2n) is 3.41. The van der Waals surface area contributed by atoms with Crippen molar-refractivity contribution >= 4 is 0 Å². The van der Waals surface area contributed by atoms with Crippen LogP contribution in [0.25, 0.3) is 0 Å². The SMILES string of the molecule is C[C@@H](O)C(F)(F)[C@H](F)C(F)(F)C(F)(F)C(F)(F)F. The molecule has 0 bridgehead atoms. The van der Waals surface area contributed by atoms with Crippen molar-refractivity contribution in [2.45, 2.75) is 43.1 Å². The van der Waals surface area contributed by atoms with Crippen molar-refractivity contribution in [3.05, 3.63) is 0 Å². The molecule has 0 aromatic heterocycles. The largest absolute Gasteiger partial charge is 0.459 e. The molecule has 18 heavy (non-hydrogen) atoms. The fourth-order valence-electron chi connectivity index (χ4n) is 0.802. The Hall–Kier alpha value is -0.740. The molecule has 0 aliphatic heterocycles. The van der Waals surface area contributed by atoms with E-state index in [1.54, 1.807) is 0 Å². The van der Waals surface area contributed by atoms with Crippen LogP contribution in [-0.2, 0) is 0 Å². The van der Waals surface area contributed by atoms with E-state index in [2.05, 4.69) is 0 Å². The third kappa shape index (κ3) is 2.50. The smallest absolute Gasteiger partial charge is 0.387 e. The molecule has 0 spiro atoms. The summed E-state index contributed by atoms with van der Waals surface area (Å²) in [6.45, 7) is 0.0639. The monoisotopic (exact) mass is 296 g/mol. The molecule has 2 atom stereocenters. The van der Waals surface area contributed by atoms with Gasteiger partial charge in [-0.3, -0.25) is 0 Å². The Kier molecular flexibility index (Phi) is 4.24. The fourth-order valence-corrected chi connectivity index (χ4v) is 0.802. The van der Waals surface area contributed by atoms with E-state index in [0.29, 0.717) is 0 Å². The van der Waals surface area contributed by atoms with Crippen LogP contribution in [0.5, 0.6) is 0 Å². The molecule has 110 valence electrons. The first kappa shape index (κ1) is 17.3. The minimum absolute atomic E-state index is 0.0639. The van der Waals surface area contributed by atoms with Gasteiger partial charge in [-0.15, -0.1) is 0 Å². The van der Waals surface area contributed by atoms with E-state index in [9.17, 15) is 43.9 Å². The maximum Gasteiger partial charge on any atom is 0.459 e. The van der Waals surface area contributed by atoms with Crippen LogP contribution < -0.4 is 0 Å². The van der Waals surface area contributed by atoms with Crippen molar-refractivity contribution in [1.29, 1.82) is 0 Å². The Morgan fingerprint density at radius 1 is 0.833 bits per heavy atom. The zero-order chi connectivity index (χ0) is 15.2. The zero-order valence-corrected chi connectivity index (χ0v) is 8.38. The molecule has 11 heteroatoms. The molecule has 0 radical (unpaired) electrons. The van der Waals surface area contributed by atoms with Gasteiger partial charge in [0.2, 0.25) is 6.17 Å². The lowest BCUT2D eigenvalue weighted by molar-refractivity contribution is -0.380. The fraction of sp³-hybridized carbons (Fsp3) is 1.00. The molecule has 0 heterocycles. The first-order chi connectivity index (χ1) is 7.60. The van der Waals surface area contributed by atoms with E-state index >= 15 is 0 Å². The standard InChI is InChI=1S/C7H6F10O/c1-2(18)4(9,10)3(8)5(11,12)6(13,14)7(15,16)17/h2-3,18H,1H3/t2-,3+/m1/s1. The van der Waals surface area contributed by atoms with E-state index in [-0.39, 0.29) is 6.92 Å². The minimum Gasteiger partial charge on any atom is -0.387 e. The first-order valence-corrected chi connectivity index (χ1v) is 4.12. The maximum absolute atomic E-state index is 12.6. The Labute approximate surface area is 93.4 Å². The highest BCUT2D eigenvalue weighted by Gasteiger charge is 2.79. The molecule has 0 rings (SSSR count). The summed E-state index contributed by atoms with van der Waals surface area (Å²) in [4.78, 5) is 0. The van der Waals surface area contributed by atoms with Crippen molar-refractivity contribution < 1.29 is 49.0 Å². The van der Waals surface area contributed by atoms with Gasteiger partial charge in [0.1, 0.15) is 6.10 Å². The zero-order valence-electron chi connectivity index (χ0n) is 8.38. The first-order valence-electron chi connectivity index (χ1n) is 4.12. The molecular formula is C7H6F10O. The average molecular weight is 296 g/mol. The summed E-state index contributed by atoms with van der Waals surface area (Å²) in [6, 6.07) is 0. The molecule has 0 saturated heterocycles. The van der Waals surface area contributed by atoms with Crippen LogP contribution in [0.1, 0.15) is 6.92 Å². The van der Waals surface area contributed by atoms with Gasteiger partial charge in [-0.1, -0.05) is 0 Å². The van der Waals surface area contributed by atoms with Gasteiger partial charge in [0.05, 0.1) is 0 Å². The Morgan fingerprint density at radius 3 is 1.39 bits per heavy atom. The summed E-state index contributed by atoms with van der Waals surface area (Å²) in [7, 11) is 0. The highest BCUT2D eigenvalue weighted by Crippen LogP contribution is 2.51. The average Bonchev–Trinajstić information content (AvgIpc) is 2.13. The van der Waals surface area contributed by atoms with Gasteiger partial charge >= 0.3 is 23.9 Å². The van der Waals surface area contributed by atoms with Crippen LogP contribution in [0.2, 0.25) is 0 Å². The molecule has 0 aliphatic rings. The second kappa shape index (κ2) is 4.42. The van der Waals surface area contributed by atoms with Gasteiger partial charge in [-0.2, -0.15) is 30.7 Å². The normalized spacial score (nSPS) is 18.7. The van der Waals surface area contributed by atoms with Gasteiger partial charge in [-0.05, 0) is 6.92 Å². The topological polar surface area (TPSA) is 20.2 Å². The van der Waals surface area contributed by atoms with Crippen LogP contribution in [-0.4, -0.2) is 41.3 Å². The van der Waals surface area contributed by atoms with Crippen molar-refractivity contribution in [2.24, 2.45) is 0 Å². The Bertz CT molecular complexity index is 293. The Balaban J connectivity index is 5.54. The van der Waals surface area contributed by atoms with Crippen molar-refractivity contribution in [3.63, 3.8) is 0 Å². The highest BCUT2D eigenvalue weighted by atomic mass is 19.4. The molecule has 0 fully saturated rings. The molecule has 1 nitrogen and oxygen atoms in total. The number of halogens is 10. The van der Waals surface area contributed by atoms with Gasteiger partial charge in [-0.25, -0.2) is 13.2 Å². The number of hydrogen-bond donors (Lipinski definition) is 1. The van der Waals surface area contributed by atoms with E-state index < -0.39 is 36.2 Å². The summed E-state index contributed by atoms with van der Waals surface area (Å²) < 4.78 is 122. The van der Waals surface area contributed by atoms with Crippen LogP contribution >= 0.6 is 0 Å². The molecular weight excluding hydrogens is 290 g/mol. The van der Waals surface area contributed by atoms with Crippen LogP contribution in [0.4, 0.5) is 43.9 Å². The summed E-state index contributed by atoms with van der Waals surface area (Å²) >= 11 is 0. The molecule has 0 aromatic rings. The maximum atomic E-state index is 12.6. The van der Waals surface area contributed by atoms with Gasteiger partial charge in [0.25, 0.3) is 0 Å². The number of rotatable bonds is 4. The lowest BCUT2D eigenvalue weighted by Gasteiger charge is -2.34. The molecule has 0 amide bonds. The summed E-state index contributed by atoms with van der Waals surface area (Å²) in [5, 5.41) is 8.23. The highest BCUT2D eigenvalue weighted by molar-refractivity contribution is 5.02. The molecule has 0 saturated carbocycles.